The smallest absolute Gasteiger partial charge is 0.416 e. The second-order valence-electron chi connectivity index (χ2n) is 5.98. The van der Waals surface area contributed by atoms with Gasteiger partial charge in [-0.05, 0) is 42.5 Å². The maximum absolute atomic E-state index is 12.7. The van der Waals surface area contributed by atoms with Gasteiger partial charge in [0.2, 0.25) is 10.0 Å². The summed E-state index contributed by atoms with van der Waals surface area (Å²) in [6.07, 6.45) is -3.53. The molecule has 0 radical (unpaired) electrons. The highest BCUT2D eigenvalue weighted by atomic mass is 35.5. The minimum absolute atomic E-state index is 0.0702. The number of carbonyl (C=O) groups is 1. The minimum Gasteiger partial charge on any atom is -0.477 e. The molecule has 0 aliphatic carbocycles. The van der Waals surface area contributed by atoms with Gasteiger partial charge in [0.25, 0.3) is 0 Å². The first-order chi connectivity index (χ1) is 13.4. The van der Waals surface area contributed by atoms with Crippen LogP contribution >= 0.6 is 23.2 Å². The molecule has 29 heavy (non-hydrogen) atoms. The van der Waals surface area contributed by atoms with Crippen molar-refractivity contribution in [3.63, 3.8) is 0 Å². The highest BCUT2D eigenvalue weighted by Gasteiger charge is 2.32. The van der Waals surface area contributed by atoms with E-state index in [2.05, 4.69) is 10.0 Å². The largest absolute Gasteiger partial charge is 0.477 e. The average Bonchev–Trinajstić information content (AvgIpc) is 2.59. The third kappa shape index (κ3) is 4.50. The van der Waals surface area contributed by atoms with Crippen LogP contribution < -0.4 is 10.0 Å². The molecule has 3 N–H and O–H groups in total. The van der Waals surface area contributed by atoms with E-state index in [1.54, 1.807) is 0 Å². The van der Waals surface area contributed by atoms with E-state index in [0.29, 0.717) is 12.1 Å². The summed E-state index contributed by atoms with van der Waals surface area (Å²) in [5, 5.41) is 12.1. The number of hydrogen-bond donors (Lipinski definition) is 3. The number of hydrogen-bond acceptors (Lipinski definition) is 4. The number of aliphatic carboxylic acids is 1. The number of nitrogens with one attached hydrogen (secondary N) is 2. The van der Waals surface area contributed by atoms with Gasteiger partial charge >= 0.3 is 12.1 Å². The molecule has 1 unspecified atom stereocenters. The van der Waals surface area contributed by atoms with Crippen LogP contribution in [0.1, 0.15) is 17.2 Å². The van der Waals surface area contributed by atoms with Crippen molar-refractivity contribution < 1.29 is 31.5 Å². The highest BCUT2D eigenvalue weighted by Crippen LogP contribution is 2.39. The van der Waals surface area contributed by atoms with E-state index < -0.39 is 38.7 Å². The van der Waals surface area contributed by atoms with Crippen LogP contribution in [0, 0.1) is 0 Å². The Balaban J connectivity index is 2.01. The van der Waals surface area contributed by atoms with Crippen LogP contribution in [0.5, 0.6) is 0 Å². The summed E-state index contributed by atoms with van der Waals surface area (Å²) in [6.45, 7) is 0. The molecule has 1 aliphatic rings. The predicted molar refractivity (Wildman–Crippen MR) is 100 cm³/mol. The van der Waals surface area contributed by atoms with Crippen molar-refractivity contribution in [2.24, 2.45) is 0 Å². The summed E-state index contributed by atoms with van der Waals surface area (Å²) in [5.74, 6) is -1.36. The van der Waals surface area contributed by atoms with Crippen LogP contribution in [0.3, 0.4) is 0 Å². The van der Waals surface area contributed by atoms with Gasteiger partial charge in [-0.2, -0.15) is 17.9 Å². The number of benzene rings is 2. The van der Waals surface area contributed by atoms with Crippen molar-refractivity contribution in [1.29, 1.82) is 0 Å². The van der Waals surface area contributed by atoms with E-state index in [4.69, 9.17) is 23.2 Å². The molecule has 0 bridgehead atoms. The quantitative estimate of drug-likeness (QED) is 0.619. The van der Waals surface area contributed by atoms with Crippen LogP contribution in [0.25, 0.3) is 0 Å². The molecule has 6 nitrogen and oxygen atoms in total. The van der Waals surface area contributed by atoms with Crippen molar-refractivity contribution >= 4 is 44.9 Å². The normalized spacial score (nSPS) is 16.6. The van der Waals surface area contributed by atoms with Crippen molar-refractivity contribution in [2.45, 2.75) is 17.1 Å². The third-order valence-electron chi connectivity index (χ3n) is 4.01. The Hall–Kier alpha value is -2.27. The number of rotatable bonds is 4. The molecule has 12 heteroatoms. The second-order valence-corrected chi connectivity index (χ2v) is 8.54. The molecular weight excluding hydrogens is 456 g/mol. The fourth-order valence-electron chi connectivity index (χ4n) is 2.72. The average molecular weight is 467 g/mol. The molecule has 1 atom stereocenters. The molecule has 154 valence electrons. The van der Waals surface area contributed by atoms with Gasteiger partial charge in [0.05, 0.1) is 16.5 Å². The summed E-state index contributed by atoms with van der Waals surface area (Å²) < 4.78 is 65.7. The Morgan fingerprint density at radius 3 is 2.31 bits per heavy atom. The van der Waals surface area contributed by atoms with Crippen molar-refractivity contribution in [2.75, 3.05) is 5.32 Å². The van der Waals surface area contributed by atoms with Crippen molar-refractivity contribution in [3.8, 4) is 0 Å². The first kappa shape index (κ1) is 21.4. The SMILES string of the molecule is O=C(O)C1=CC(NS(=O)(=O)c2ccc(C(F)(F)F)cc2)c2c(Cl)cc(Cl)cc2N1. The van der Waals surface area contributed by atoms with Gasteiger partial charge in [-0.25, -0.2) is 13.2 Å². The zero-order valence-electron chi connectivity index (χ0n) is 14.1. The van der Waals surface area contributed by atoms with E-state index >= 15 is 0 Å². The topological polar surface area (TPSA) is 95.5 Å². The minimum atomic E-state index is -4.62. The number of halogens is 5. The first-order valence-electron chi connectivity index (χ1n) is 7.79. The maximum atomic E-state index is 12.7. The maximum Gasteiger partial charge on any atom is 0.416 e. The molecule has 0 spiro atoms. The molecule has 0 fully saturated rings. The van der Waals surface area contributed by atoms with Gasteiger partial charge in [0.15, 0.2) is 0 Å². The standard InChI is InChI=1S/C17H11Cl2F3N2O4S/c18-9-5-11(19)15-12(6-9)23-14(16(25)26)7-13(15)24-29(27,28)10-3-1-8(2-4-10)17(20,21)22/h1-7,13,23-24H,(H,25,26). The lowest BCUT2D eigenvalue weighted by molar-refractivity contribution is -0.137. The number of carboxylic acid groups (broad SMARTS) is 1. The molecule has 0 saturated heterocycles. The van der Waals surface area contributed by atoms with E-state index in [0.717, 1.165) is 18.2 Å². The Morgan fingerprint density at radius 2 is 1.76 bits per heavy atom. The van der Waals surface area contributed by atoms with Crippen molar-refractivity contribution in [3.05, 3.63) is 69.3 Å². The second kappa shape index (κ2) is 7.52. The summed E-state index contributed by atoms with van der Waals surface area (Å²) >= 11 is 12.1. The van der Waals surface area contributed by atoms with Gasteiger partial charge in [-0.15, -0.1) is 0 Å². The zero-order valence-corrected chi connectivity index (χ0v) is 16.4. The molecule has 1 aliphatic heterocycles. The lowest BCUT2D eigenvalue weighted by atomic mass is 10.0. The van der Waals surface area contributed by atoms with E-state index in [-0.39, 0.29) is 27.0 Å². The molecule has 0 saturated carbocycles. The van der Waals surface area contributed by atoms with Crippen molar-refractivity contribution in [1.82, 2.24) is 4.72 Å². The van der Waals surface area contributed by atoms with E-state index in [1.807, 2.05) is 0 Å². The van der Waals surface area contributed by atoms with E-state index in [9.17, 15) is 31.5 Å². The summed E-state index contributed by atoms with van der Waals surface area (Å²) in [5.41, 5.74) is -0.926. The molecule has 2 aromatic carbocycles. The zero-order chi connectivity index (χ0) is 21.6. The predicted octanol–water partition coefficient (Wildman–Crippen LogP) is 4.43. The van der Waals surface area contributed by atoms with E-state index in [1.165, 1.54) is 12.1 Å². The van der Waals surface area contributed by atoms with Gasteiger partial charge in [-0.1, -0.05) is 23.2 Å². The number of sulfonamides is 1. The lowest BCUT2D eigenvalue weighted by Crippen LogP contribution is -2.32. The van der Waals surface area contributed by atoms with Crippen LogP contribution in [-0.4, -0.2) is 19.5 Å². The molecule has 1 heterocycles. The van der Waals surface area contributed by atoms with Crippen LogP contribution in [0.15, 0.2) is 53.1 Å². The monoisotopic (exact) mass is 466 g/mol. The van der Waals surface area contributed by atoms with Crippen LogP contribution in [0.2, 0.25) is 10.0 Å². The number of fused-ring (bicyclic) bond motifs is 1. The Kier molecular flexibility index (Phi) is 5.56. The Labute approximate surface area is 173 Å². The summed E-state index contributed by atoms with van der Waals surface area (Å²) in [4.78, 5) is 10.9. The van der Waals surface area contributed by atoms with Crippen LogP contribution in [-0.2, 0) is 21.0 Å². The number of carboxylic acids is 1. The number of anilines is 1. The highest BCUT2D eigenvalue weighted by molar-refractivity contribution is 7.89. The fourth-order valence-corrected chi connectivity index (χ4v) is 4.48. The Bertz CT molecular complexity index is 1120. The first-order valence-corrected chi connectivity index (χ1v) is 10.0. The molecule has 0 amide bonds. The van der Waals surface area contributed by atoms with Gasteiger partial charge in [0.1, 0.15) is 5.70 Å². The molecule has 0 aromatic heterocycles. The Morgan fingerprint density at radius 1 is 1.14 bits per heavy atom. The fraction of sp³-hybridized carbons (Fsp3) is 0.118. The third-order valence-corrected chi connectivity index (χ3v) is 6.00. The molecular formula is C17H11Cl2F3N2O4S. The summed E-state index contributed by atoms with van der Waals surface area (Å²) in [7, 11) is -4.32. The van der Waals surface area contributed by atoms with Gasteiger partial charge in [-0.3, -0.25) is 0 Å². The summed E-state index contributed by atoms with van der Waals surface area (Å²) in [6, 6.07) is 4.40. The van der Waals surface area contributed by atoms with Gasteiger partial charge in [0, 0.05) is 21.3 Å². The lowest BCUT2D eigenvalue weighted by Gasteiger charge is -2.26. The van der Waals surface area contributed by atoms with Gasteiger partial charge < -0.3 is 10.4 Å². The molecule has 3 rings (SSSR count). The van der Waals surface area contributed by atoms with Crippen LogP contribution in [0.4, 0.5) is 18.9 Å². The number of alkyl halides is 3. The molecule has 2 aromatic rings.